The summed E-state index contributed by atoms with van der Waals surface area (Å²) in [5, 5.41) is 10.6. The fraction of sp³-hybridized carbons (Fsp3) is 0.368. The molecule has 0 saturated heterocycles. The van der Waals surface area contributed by atoms with Gasteiger partial charge < -0.3 is 9.84 Å². The molecule has 2 atom stereocenters. The number of aliphatic hydroxyl groups is 1. The Balaban J connectivity index is 2.10. The molecule has 0 spiro atoms. The predicted octanol–water partition coefficient (Wildman–Crippen LogP) is 4.00. The molecule has 112 valence electrons. The van der Waals surface area contributed by atoms with E-state index in [2.05, 4.69) is 13.8 Å². The van der Waals surface area contributed by atoms with Crippen molar-refractivity contribution in [3.63, 3.8) is 0 Å². The summed E-state index contributed by atoms with van der Waals surface area (Å²) >= 11 is 0. The van der Waals surface area contributed by atoms with Gasteiger partial charge in [-0.3, -0.25) is 0 Å². The topological polar surface area (TPSA) is 29.5 Å². The van der Waals surface area contributed by atoms with Crippen LogP contribution in [0.4, 0.5) is 0 Å². The Morgan fingerprint density at radius 3 is 2.05 bits per heavy atom. The highest BCUT2D eigenvalue weighted by atomic mass is 16.5. The van der Waals surface area contributed by atoms with Crippen molar-refractivity contribution in [2.45, 2.75) is 32.5 Å². The van der Waals surface area contributed by atoms with Crippen LogP contribution in [-0.2, 0) is 11.2 Å². The van der Waals surface area contributed by atoms with Crippen molar-refractivity contribution in [1.82, 2.24) is 0 Å². The van der Waals surface area contributed by atoms with Crippen molar-refractivity contribution in [3.8, 4) is 0 Å². The molecule has 2 unspecified atom stereocenters. The smallest absolute Gasteiger partial charge is 0.109 e. The minimum Gasteiger partial charge on any atom is -0.390 e. The molecule has 2 rings (SSSR count). The zero-order valence-corrected chi connectivity index (χ0v) is 12.8. The first-order valence-corrected chi connectivity index (χ1v) is 7.55. The maximum atomic E-state index is 10.6. The molecule has 21 heavy (non-hydrogen) atoms. The van der Waals surface area contributed by atoms with E-state index < -0.39 is 6.10 Å². The lowest BCUT2D eigenvalue weighted by molar-refractivity contribution is -0.0479. The van der Waals surface area contributed by atoms with E-state index in [1.807, 2.05) is 60.7 Å². The maximum Gasteiger partial charge on any atom is 0.109 e. The van der Waals surface area contributed by atoms with E-state index in [1.165, 1.54) is 0 Å². The second kappa shape index (κ2) is 7.96. The van der Waals surface area contributed by atoms with Gasteiger partial charge in [-0.2, -0.15) is 0 Å². The largest absolute Gasteiger partial charge is 0.390 e. The van der Waals surface area contributed by atoms with Crippen LogP contribution in [0.25, 0.3) is 0 Å². The third-order valence-corrected chi connectivity index (χ3v) is 3.37. The fourth-order valence-electron chi connectivity index (χ4n) is 2.33. The normalized spacial score (nSPS) is 14.1. The quantitative estimate of drug-likeness (QED) is 0.832. The van der Waals surface area contributed by atoms with Crippen molar-refractivity contribution in [2.75, 3.05) is 6.61 Å². The molecule has 2 heteroatoms. The van der Waals surface area contributed by atoms with Crippen molar-refractivity contribution >= 4 is 0 Å². The second-order valence-corrected chi connectivity index (χ2v) is 5.82. The van der Waals surface area contributed by atoms with Gasteiger partial charge in [0.05, 0.1) is 6.10 Å². The average molecular weight is 284 g/mol. The van der Waals surface area contributed by atoms with Crippen LogP contribution < -0.4 is 0 Å². The number of aliphatic hydroxyl groups excluding tert-OH is 1. The molecule has 0 saturated carbocycles. The van der Waals surface area contributed by atoms with Gasteiger partial charge in [0.2, 0.25) is 0 Å². The molecule has 0 aliphatic rings. The number of benzene rings is 2. The van der Waals surface area contributed by atoms with E-state index in [0.717, 1.165) is 11.1 Å². The summed E-state index contributed by atoms with van der Waals surface area (Å²) in [5.41, 5.74) is 2.15. The minimum absolute atomic E-state index is 0.284. The zero-order valence-electron chi connectivity index (χ0n) is 12.8. The molecule has 2 aromatic carbocycles. The van der Waals surface area contributed by atoms with Gasteiger partial charge in [0.15, 0.2) is 0 Å². The van der Waals surface area contributed by atoms with Crippen LogP contribution in [0.2, 0.25) is 0 Å². The molecule has 0 amide bonds. The van der Waals surface area contributed by atoms with Crippen LogP contribution in [-0.4, -0.2) is 17.8 Å². The third-order valence-electron chi connectivity index (χ3n) is 3.37. The van der Waals surface area contributed by atoms with Crippen LogP contribution in [0.3, 0.4) is 0 Å². The molecule has 1 N–H and O–H groups in total. The number of hydrogen-bond donors (Lipinski definition) is 1. The Morgan fingerprint density at radius 2 is 1.48 bits per heavy atom. The van der Waals surface area contributed by atoms with E-state index in [-0.39, 0.29) is 6.10 Å². The molecule has 2 nitrogen and oxygen atoms in total. The summed E-state index contributed by atoms with van der Waals surface area (Å²) < 4.78 is 5.97. The van der Waals surface area contributed by atoms with E-state index in [0.29, 0.717) is 18.9 Å². The van der Waals surface area contributed by atoms with Crippen molar-refractivity contribution in [2.24, 2.45) is 5.92 Å². The Morgan fingerprint density at radius 1 is 0.905 bits per heavy atom. The Bertz CT molecular complexity index is 508. The lowest BCUT2D eigenvalue weighted by atomic mass is 9.98. The van der Waals surface area contributed by atoms with Gasteiger partial charge in [-0.25, -0.2) is 0 Å². The molecule has 0 aliphatic heterocycles. The van der Waals surface area contributed by atoms with Crippen LogP contribution in [0.15, 0.2) is 60.7 Å². The van der Waals surface area contributed by atoms with E-state index in [1.54, 1.807) is 0 Å². The molecule has 0 bridgehead atoms. The summed E-state index contributed by atoms with van der Waals surface area (Å²) in [4.78, 5) is 0. The van der Waals surface area contributed by atoms with E-state index in [9.17, 15) is 5.11 Å². The minimum atomic E-state index is -0.548. The highest BCUT2D eigenvalue weighted by Gasteiger charge is 2.22. The molecule has 0 fully saturated rings. The van der Waals surface area contributed by atoms with Crippen molar-refractivity contribution < 1.29 is 9.84 Å². The fourth-order valence-corrected chi connectivity index (χ4v) is 2.33. The lowest BCUT2D eigenvalue weighted by Gasteiger charge is -2.25. The van der Waals surface area contributed by atoms with Crippen LogP contribution in [0.1, 0.15) is 31.1 Å². The Kier molecular flexibility index (Phi) is 5.97. The van der Waals surface area contributed by atoms with Gasteiger partial charge in [0.1, 0.15) is 6.10 Å². The summed E-state index contributed by atoms with van der Waals surface area (Å²) in [5.74, 6) is 0.445. The molecular weight excluding hydrogens is 260 g/mol. The second-order valence-electron chi connectivity index (χ2n) is 5.82. The first-order chi connectivity index (χ1) is 10.2. The van der Waals surface area contributed by atoms with Gasteiger partial charge in [0.25, 0.3) is 0 Å². The van der Waals surface area contributed by atoms with Gasteiger partial charge in [-0.1, -0.05) is 74.5 Å². The monoisotopic (exact) mass is 284 g/mol. The zero-order chi connectivity index (χ0) is 15.1. The molecule has 0 aromatic heterocycles. The molecule has 2 aromatic rings. The van der Waals surface area contributed by atoms with Crippen LogP contribution in [0, 0.1) is 5.92 Å². The highest BCUT2D eigenvalue weighted by Crippen LogP contribution is 2.24. The molecular formula is C19H24O2. The van der Waals surface area contributed by atoms with Crippen LogP contribution in [0.5, 0.6) is 0 Å². The highest BCUT2D eigenvalue weighted by molar-refractivity contribution is 5.21. The number of ether oxygens (including phenoxy) is 1. The van der Waals surface area contributed by atoms with Gasteiger partial charge in [-0.05, 0) is 17.0 Å². The third kappa shape index (κ3) is 5.00. The summed E-state index contributed by atoms with van der Waals surface area (Å²) in [6.07, 6.45) is -0.235. The summed E-state index contributed by atoms with van der Waals surface area (Å²) in [6.45, 7) is 4.88. The maximum absolute atomic E-state index is 10.6. The SMILES string of the molecule is CC(C)COC(c1ccccc1)C(O)Cc1ccccc1. The van der Waals surface area contributed by atoms with Gasteiger partial charge in [-0.15, -0.1) is 0 Å². The lowest BCUT2D eigenvalue weighted by Crippen LogP contribution is -2.25. The first kappa shape index (κ1) is 15.7. The molecule has 0 heterocycles. The summed E-state index contributed by atoms with van der Waals surface area (Å²) in [6, 6.07) is 20.0. The summed E-state index contributed by atoms with van der Waals surface area (Å²) in [7, 11) is 0. The van der Waals surface area contributed by atoms with E-state index >= 15 is 0 Å². The molecule has 0 aliphatic carbocycles. The van der Waals surface area contributed by atoms with Crippen molar-refractivity contribution in [3.05, 3.63) is 71.8 Å². The average Bonchev–Trinajstić information content (AvgIpc) is 2.49. The Hall–Kier alpha value is -1.64. The number of rotatable bonds is 7. The predicted molar refractivity (Wildman–Crippen MR) is 86.1 cm³/mol. The number of hydrogen-bond acceptors (Lipinski definition) is 2. The molecule has 0 radical (unpaired) electrons. The Labute approximate surface area is 127 Å². The van der Waals surface area contributed by atoms with E-state index in [4.69, 9.17) is 4.74 Å². The van der Waals surface area contributed by atoms with Crippen molar-refractivity contribution in [1.29, 1.82) is 0 Å². The van der Waals surface area contributed by atoms with Gasteiger partial charge in [0, 0.05) is 13.0 Å². The van der Waals surface area contributed by atoms with Crippen LogP contribution >= 0.6 is 0 Å². The first-order valence-electron chi connectivity index (χ1n) is 7.55. The standard InChI is InChI=1S/C19H24O2/c1-15(2)14-21-19(17-11-7-4-8-12-17)18(20)13-16-9-5-3-6-10-16/h3-12,15,18-20H,13-14H2,1-2H3. The van der Waals surface area contributed by atoms with Gasteiger partial charge >= 0.3 is 0 Å².